The normalized spacial score (nSPS) is 21.2. The zero-order valence-electron chi connectivity index (χ0n) is 3.22. The van der Waals surface area contributed by atoms with E-state index in [4.69, 9.17) is 0 Å². The Morgan fingerprint density at radius 2 is 2.67 bits per heavy atom. The third-order valence-electron chi connectivity index (χ3n) is 0.570. The first-order chi connectivity index (χ1) is 2.89. The van der Waals surface area contributed by atoms with Crippen LogP contribution in [0.25, 0.3) is 0 Å². The summed E-state index contributed by atoms with van der Waals surface area (Å²) in [6.07, 6.45) is 0. The van der Waals surface area contributed by atoms with Crippen molar-refractivity contribution in [1.29, 1.82) is 0 Å². The maximum absolute atomic E-state index is 4.14. The van der Waals surface area contributed by atoms with Crippen LogP contribution in [0, 0.1) is 0 Å². The van der Waals surface area contributed by atoms with E-state index in [-0.39, 0.29) is 0 Å². The van der Waals surface area contributed by atoms with Crippen molar-refractivity contribution >= 4 is 37.1 Å². The number of thioether (sulfide) groups is 1. The molecule has 34 valence electrons. The molecule has 6 heavy (non-hydrogen) atoms. The summed E-state index contributed by atoms with van der Waals surface area (Å²) in [6.45, 7) is 1.05. The summed E-state index contributed by atoms with van der Waals surface area (Å²) in [5.41, 5.74) is 0. The summed E-state index contributed by atoms with van der Waals surface area (Å²) in [5.74, 6) is 1.21. The second kappa shape index (κ2) is 2.20. The van der Waals surface area contributed by atoms with E-state index in [1.54, 1.807) is 22.3 Å². The number of hydrogen-bond donors (Lipinski definition) is 0. The summed E-state index contributed by atoms with van der Waals surface area (Å²) < 4.78 is 1.30. The van der Waals surface area contributed by atoms with E-state index in [1.165, 1.54) is 8.84 Å². The Kier molecular flexibility index (Phi) is 1.82. The molecule has 0 spiro atoms. The molecular formula is C3H5NSTe. The number of nitrogens with zero attached hydrogens (tertiary/aromatic N) is 1. The van der Waals surface area contributed by atoms with Gasteiger partial charge in [-0.05, 0) is 0 Å². The Bertz CT molecular complexity index is 80.9. The molecule has 0 aromatic rings. The van der Waals surface area contributed by atoms with Crippen LogP contribution in [0.5, 0.6) is 0 Å². The second-order valence-electron chi connectivity index (χ2n) is 1.01. The monoisotopic (exact) mass is 217 g/mol. The third kappa shape index (κ3) is 1.14. The number of aliphatic imine (C=N–C) groups is 1. The van der Waals surface area contributed by atoms with Gasteiger partial charge < -0.3 is 0 Å². The molecule has 1 nitrogen and oxygen atoms in total. The minimum absolute atomic E-state index is 1.05. The van der Waals surface area contributed by atoms with Crippen LogP contribution in [0.1, 0.15) is 0 Å². The molecule has 0 aromatic carbocycles. The average molecular weight is 215 g/mol. The first-order valence-corrected chi connectivity index (χ1v) is 4.02. The van der Waals surface area contributed by atoms with Gasteiger partial charge in [0.25, 0.3) is 0 Å². The van der Waals surface area contributed by atoms with Gasteiger partial charge in [-0.25, -0.2) is 0 Å². The van der Waals surface area contributed by atoms with Gasteiger partial charge >= 0.3 is 54.4 Å². The number of rotatable bonds is 0. The molecule has 0 N–H and O–H groups in total. The van der Waals surface area contributed by atoms with Gasteiger partial charge in [0.1, 0.15) is 0 Å². The fourth-order valence-corrected chi connectivity index (χ4v) is 1.94. The van der Waals surface area contributed by atoms with E-state index < -0.39 is 0 Å². The molecule has 1 aliphatic rings. The zero-order chi connectivity index (χ0) is 4.41. The molecule has 0 saturated heterocycles. The summed E-state index contributed by atoms with van der Waals surface area (Å²) in [6, 6.07) is 0. The van der Waals surface area contributed by atoms with Crippen LogP contribution >= 0.6 is 11.8 Å². The predicted octanol–water partition coefficient (Wildman–Crippen LogP) is -0.0100. The SMILES string of the molecule is [TeH]C1=NCCS1. The fourth-order valence-electron chi connectivity index (χ4n) is 0.324. The Labute approximate surface area is 54.5 Å². The molecule has 0 unspecified atom stereocenters. The quantitative estimate of drug-likeness (QED) is 0.517. The van der Waals surface area contributed by atoms with Crippen LogP contribution in [-0.2, 0) is 0 Å². The van der Waals surface area contributed by atoms with Gasteiger partial charge in [0.05, 0.1) is 0 Å². The van der Waals surface area contributed by atoms with E-state index in [0.29, 0.717) is 0 Å². The summed E-state index contributed by atoms with van der Waals surface area (Å²) in [5, 5.41) is 0. The molecule has 3 heteroatoms. The van der Waals surface area contributed by atoms with Crippen molar-refractivity contribution in [2.24, 2.45) is 4.99 Å². The topological polar surface area (TPSA) is 12.4 Å². The van der Waals surface area contributed by atoms with E-state index in [2.05, 4.69) is 4.99 Å². The van der Waals surface area contributed by atoms with Crippen LogP contribution in [0.2, 0.25) is 0 Å². The van der Waals surface area contributed by atoms with E-state index in [0.717, 1.165) is 6.54 Å². The Morgan fingerprint density at radius 1 is 1.83 bits per heavy atom. The van der Waals surface area contributed by atoms with Gasteiger partial charge in [0.2, 0.25) is 0 Å². The summed E-state index contributed by atoms with van der Waals surface area (Å²) in [4.78, 5) is 4.14. The Hall–Kier alpha value is 0.810. The first kappa shape index (κ1) is 4.96. The maximum atomic E-state index is 4.14. The second-order valence-corrected chi connectivity index (χ2v) is 4.21. The van der Waals surface area contributed by atoms with Crippen molar-refractivity contribution in [3.63, 3.8) is 0 Å². The molecule has 0 bridgehead atoms. The van der Waals surface area contributed by atoms with Crippen LogP contribution in [-0.4, -0.2) is 37.7 Å². The van der Waals surface area contributed by atoms with Crippen molar-refractivity contribution in [1.82, 2.24) is 0 Å². The Balaban J connectivity index is 2.45. The fraction of sp³-hybridized carbons (Fsp3) is 0.667. The summed E-state index contributed by atoms with van der Waals surface area (Å²) in [7, 11) is 0. The van der Waals surface area contributed by atoms with Crippen molar-refractivity contribution < 1.29 is 0 Å². The first-order valence-electron chi connectivity index (χ1n) is 1.76. The van der Waals surface area contributed by atoms with Gasteiger partial charge in [-0.15, -0.1) is 0 Å². The zero-order valence-corrected chi connectivity index (χ0v) is 6.59. The van der Waals surface area contributed by atoms with Crippen LogP contribution in [0.3, 0.4) is 0 Å². The van der Waals surface area contributed by atoms with E-state index in [9.17, 15) is 0 Å². The molecule has 0 fully saturated rings. The van der Waals surface area contributed by atoms with Gasteiger partial charge in [0, 0.05) is 0 Å². The molecule has 1 heterocycles. The van der Waals surface area contributed by atoms with Crippen LogP contribution in [0.4, 0.5) is 0 Å². The van der Waals surface area contributed by atoms with Gasteiger partial charge in [-0.1, -0.05) is 0 Å². The molecule has 0 radical (unpaired) electrons. The van der Waals surface area contributed by atoms with E-state index >= 15 is 0 Å². The average Bonchev–Trinajstić information content (AvgIpc) is 1.86. The van der Waals surface area contributed by atoms with Crippen molar-refractivity contribution in [3.05, 3.63) is 0 Å². The molecular weight excluding hydrogens is 210 g/mol. The van der Waals surface area contributed by atoms with Crippen molar-refractivity contribution in [3.8, 4) is 0 Å². The van der Waals surface area contributed by atoms with Gasteiger partial charge in [-0.2, -0.15) is 0 Å². The Morgan fingerprint density at radius 3 is 2.83 bits per heavy atom. The van der Waals surface area contributed by atoms with Crippen molar-refractivity contribution in [2.45, 2.75) is 0 Å². The molecule has 0 saturated carbocycles. The van der Waals surface area contributed by atoms with Crippen molar-refractivity contribution in [2.75, 3.05) is 12.3 Å². The summed E-state index contributed by atoms with van der Waals surface area (Å²) >= 11 is 3.60. The van der Waals surface area contributed by atoms with Gasteiger partial charge in [0.15, 0.2) is 0 Å². The predicted molar refractivity (Wildman–Crippen MR) is 31.9 cm³/mol. The molecule has 1 rings (SSSR count). The van der Waals surface area contributed by atoms with Crippen LogP contribution < -0.4 is 0 Å². The standard InChI is InChI=1S/C3H5NSTe/c6-3-4-1-2-5-3/h1-2H2,(H,4,6). The molecule has 1 aliphatic heterocycles. The third-order valence-corrected chi connectivity index (χ3v) is 2.85. The molecule has 0 aromatic heterocycles. The van der Waals surface area contributed by atoms with Gasteiger partial charge in [-0.3, -0.25) is 0 Å². The molecule has 0 amide bonds. The molecule has 0 atom stereocenters. The molecule has 0 aliphatic carbocycles. The number of hydrogen-bond acceptors (Lipinski definition) is 2. The van der Waals surface area contributed by atoms with E-state index in [1.807, 2.05) is 11.8 Å². The van der Waals surface area contributed by atoms with Crippen LogP contribution in [0.15, 0.2) is 4.99 Å². The minimum atomic E-state index is 1.05.